The number of nitrogens with two attached hydrogens (primary N) is 1. The van der Waals surface area contributed by atoms with Crippen molar-refractivity contribution in [3.8, 4) is 5.75 Å². The summed E-state index contributed by atoms with van der Waals surface area (Å²) >= 11 is 0. The van der Waals surface area contributed by atoms with Crippen molar-refractivity contribution in [2.45, 2.75) is 70.3 Å². The zero-order chi connectivity index (χ0) is 25.7. The van der Waals surface area contributed by atoms with E-state index in [1.54, 1.807) is 0 Å². The van der Waals surface area contributed by atoms with Gasteiger partial charge in [0.1, 0.15) is 5.82 Å². The second kappa shape index (κ2) is 11.8. The average molecular weight is 524 g/mol. The number of hydrogen-bond acceptors (Lipinski definition) is 9. The van der Waals surface area contributed by atoms with E-state index >= 15 is 0 Å². The van der Waals surface area contributed by atoms with Crippen molar-refractivity contribution in [1.82, 2.24) is 19.9 Å². The van der Waals surface area contributed by atoms with Crippen LogP contribution in [0.4, 0.5) is 22.0 Å². The number of nitrogens with one attached hydrogen (secondary N) is 1. The Hall–Kier alpha value is -2.37. The Kier molecular flexibility index (Phi) is 8.74. The Bertz CT molecular complexity index is 1080. The summed E-state index contributed by atoms with van der Waals surface area (Å²) in [5.41, 5.74) is 0.197. The van der Waals surface area contributed by atoms with Gasteiger partial charge in [0.05, 0.1) is 5.69 Å². The molecule has 0 amide bonds. The van der Waals surface area contributed by atoms with E-state index in [2.05, 4.69) is 31.6 Å². The van der Waals surface area contributed by atoms with Crippen molar-refractivity contribution in [3.63, 3.8) is 0 Å². The molecule has 2 fully saturated rings. The zero-order valence-corrected chi connectivity index (χ0v) is 21.4. The highest BCUT2D eigenvalue weighted by molar-refractivity contribution is 7.46. The number of hydrazine groups is 1. The van der Waals surface area contributed by atoms with E-state index in [1.165, 1.54) is 25.3 Å². The fraction of sp³-hybridized carbons (Fsp3) is 0.609. The fourth-order valence-electron chi connectivity index (χ4n) is 5.00. The average Bonchev–Trinajstić information content (AvgIpc) is 3.13. The highest BCUT2D eigenvalue weighted by Crippen LogP contribution is 2.39. The molecule has 4 rings (SSSR count). The first kappa shape index (κ1) is 26.7. The third-order valence-electron chi connectivity index (χ3n) is 6.89. The van der Waals surface area contributed by atoms with Gasteiger partial charge in [-0.1, -0.05) is 32.6 Å². The monoisotopic (exact) mass is 523 g/mol. The molecule has 1 saturated heterocycles. The number of rotatable bonds is 9. The number of halogens is 1. The standard InChI is InChI=1S/C23H35FN7O4P/c1-2-30-13-7-10-18(30)15-26-22-27-21(16-8-5-3-4-6-9-16)28-23(29-22)31(25)17-11-12-20(19(24)14-17)35-36(32,33)34/h11-12,14,16,18H,2-10,13,15,25H2,1H3,(H2,32,33,34)(H,26,27,28,29). The minimum absolute atomic E-state index is 0.161. The third kappa shape index (κ3) is 6.89. The number of phosphoric acid groups is 1. The van der Waals surface area contributed by atoms with Gasteiger partial charge >= 0.3 is 7.82 Å². The molecule has 0 radical (unpaired) electrons. The van der Waals surface area contributed by atoms with Crippen LogP contribution in [0.3, 0.4) is 0 Å². The molecule has 11 nitrogen and oxygen atoms in total. The van der Waals surface area contributed by atoms with Gasteiger partial charge in [-0.15, -0.1) is 0 Å². The largest absolute Gasteiger partial charge is 0.524 e. The lowest BCUT2D eigenvalue weighted by atomic mass is 10.00. The van der Waals surface area contributed by atoms with Crippen molar-refractivity contribution in [3.05, 3.63) is 29.8 Å². The molecule has 1 aromatic carbocycles. The molecule has 1 aromatic heterocycles. The summed E-state index contributed by atoms with van der Waals surface area (Å²) in [5.74, 6) is 6.21. The molecule has 36 heavy (non-hydrogen) atoms. The summed E-state index contributed by atoms with van der Waals surface area (Å²) in [6.07, 6.45) is 8.87. The van der Waals surface area contributed by atoms with Gasteiger partial charge in [-0.05, 0) is 50.9 Å². The number of aromatic nitrogens is 3. The SMILES string of the molecule is CCN1CCCC1CNc1nc(C2CCCCCC2)nc(N(N)c2ccc(OP(=O)(O)O)c(F)c2)n1. The molecule has 1 aliphatic heterocycles. The van der Waals surface area contributed by atoms with Gasteiger partial charge in [0, 0.05) is 24.6 Å². The van der Waals surface area contributed by atoms with Crippen molar-refractivity contribution < 1.29 is 23.3 Å². The molecule has 1 saturated carbocycles. The summed E-state index contributed by atoms with van der Waals surface area (Å²) in [6, 6.07) is 3.91. The zero-order valence-electron chi connectivity index (χ0n) is 20.5. The first-order valence-electron chi connectivity index (χ1n) is 12.6. The molecule has 2 aromatic rings. The number of phosphoric ester groups is 1. The Labute approximate surface area is 210 Å². The molecule has 2 heterocycles. The van der Waals surface area contributed by atoms with Crippen LogP contribution in [-0.4, -0.2) is 55.3 Å². The molecule has 1 aliphatic carbocycles. The van der Waals surface area contributed by atoms with Gasteiger partial charge in [0.25, 0.3) is 0 Å². The Morgan fingerprint density at radius 3 is 2.58 bits per heavy atom. The van der Waals surface area contributed by atoms with Gasteiger partial charge in [-0.3, -0.25) is 14.7 Å². The normalized spacial score (nSPS) is 19.8. The van der Waals surface area contributed by atoms with E-state index in [1.807, 2.05) is 0 Å². The highest BCUT2D eigenvalue weighted by Gasteiger charge is 2.25. The molecule has 0 spiro atoms. The van der Waals surface area contributed by atoms with Crippen LogP contribution in [0.15, 0.2) is 18.2 Å². The number of likely N-dealkylation sites (N-methyl/N-ethyl adjacent to an activating group) is 1. The molecule has 13 heteroatoms. The van der Waals surface area contributed by atoms with Gasteiger partial charge < -0.3 is 9.84 Å². The van der Waals surface area contributed by atoms with Crippen molar-refractivity contribution >= 4 is 25.4 Å². The van der Waals surface area contributed by atoms with Crippen LogP contribution >= 0.6 is 7.82 Å². The maximum atomic E-state index is 14.5. The van der Waals surface area contributed by atoms with E-state index in [-0.39, 0.29) is 17.6 Å². The molecular formula is C23H35FN7O4P. The Morgan fingerprint density at radius 1 is 1.17 bits per heavy atom. The summed E-state index contributed by atoms with van der Waals surface area (Å²) in [7, 11) is -4.90. The minimum Gasteiger partial charge on any atom is -0.401 e. The van der Waals surface area contributed by atoms with E-state index in [0.717, 1.165) is 62.3 Å². The summed E-state index contributed by atoms with van der Waals surface area (Å²) < 4.78 is 29.9. The lowest BCUT2D eigenvalue weighted by Crippen LogP contribution is -2.35. The van der Waals surface area contributed by atoms with Gasteiger partial charge in [-0.2, -0.15) is 15.0 Å². The summed E-state index contributed by atoms with van der Waals surface area (Å²) in [4.78, 5) is 34.3. The van der Waals surface area contributed by atoms with Crippen LogP contribution in [0, 0.1) is 5.82 Å². The first-order valence-corrected chi connectivity index (χ1v) is 14.1. The van der Waals surface area contributed by atoms with Crippen LogP contribution in [0.2, 0.25) is 0 Å². The van der Waals surface area contributed by atoms with Crippen LogP contribution in [0.5, 0.6) is 5.75 Å². The maximum absolute atomic E-state index is 14.5. The Balaban J connectivity index is 1.60. The third-order valence-corrected chi connectivity index (χ3v) is 7.32. The highest BCUT2D eigenvalue weighted by atomic mass is 31.2. The van der Waals surface area contributed by atoms with Crippen LogP contribution in [-0.2, 0) is 4.57 Å². The molecule has 5 N–H and O–H groups in total. The topological polar surface area (TPSA) is 150 Å². The second-order valence-electron chi connectivity index (χ2n) is 9.38. The molecule has 1 unspecified atom stereocenters. The molecule has 198 valence electrons. The molecule has 2 aliphatic rings. The lowest BCUT2D eigenvalue weighted by Gasteiger charge is -2.24. The van der Waals surface area contributed by atoms with E-state index < -0.39 is 19.4 Å². The molecule has 1 atom stereocenters. The maximum Gasteiger partial charge on any atom is 0.524 e. The van der Waals surface area contributed by atoms with Gasteiger partial charge in [0.15, 0.2) is 11.6 Å². The number of anilines is 3. The smallest absolute Gasteiger partial charge is 0.401 e. The van der Waals surface area contributed by atoms with Crippen LogP contribution in [0.25, 0.3) is 0 Å². The van der Waals surface area contributed by atoms with Crippen molar-refractivity contribution in [2.75, 3.05) is 30.0 Å². The summed E-state index contributed by atoms with van der Waals surface area (Å²) in [6.45, 7) is 4.94. The first-order chi connectivity index (χ1) is 17.2. The number of benzene rings is 1. The number of hydrogen-bond donors (Lipinski definition) is 4. The predicted octanol–water partition coefficient (Wildman–Crippen LogP) is 3.83. The van der Waals surface area contributed by atoms with Crippen molar-refractivity contribution in [1.29, 1.82) is 0 Å². The van der Waals surface area contributed by atoms with E-state index in [9.17, 15) is 8.96 Å². The Morgan fingerprint density at radius 2 is 1.92 bits per heavy atom. The van der Waals surface area contributed by atoms with Crippen molar-refractivity contribution in [2.24, 2.45) is 5.84 Å². The van der Waals surface area contributed by atoms with Crippen LogP contribution in [0.1, 0.15) is 70.0 Å². The lowest BCUT2D eigenvalue weighted by molar-refractivity contribution is 0.276. The number of likely N-dealkylation sites (tertiary alicyclic amines) is 1. The van der Waals surface area contributed by atoms with Gasteiger partial charge in [-0.25, -0.2) is 19.8 Å². The minimum atomic E-state index is -4.90. The van der Waals surface area contributed by atoms with E-state index in [4.69, 9.17) is 20.6 Å². The second-order valence-corrected chi connectivity index (χ2v) is 10.5. The fourth-order valence-corrected chi connectivity index (χ4v) is 5.40. The molecule has 0 bridgehead atoms. The molecular weight excluding hydrogens is 488 g/mol. The van der Waals surface area contributed by atoms with E-state index in [0.29, 0.717) is 24.4 Å². The van der Waals surface area contributed by atoms with Crippen LogP contribution < -0.4 is 20.7 Å². The summed E-state index contributed by atoms with van der Waals surface area (Å²) in [5, 5.41) is 4.52. The quantitative estimate of drug-likeness (QED) is 0.164. The van der Waals surface area contributed by atoms with Gasteiger partial charge in [0.2, 0.25) is 11.9 Å². The predicted molar refractivity (Wildman–Crippen MR) is 134 cm³/mol. The number of nitrogens with zero attached hydrogens (tertiary/aromatic N) is 5.